The molecule has 0 spiro atoms. The molecule has 0 atom stereocenters. The van der Waals surface area contributed by atoms with Crippen LogP contribution in [-0.2, 0) is 6.54 Å². The van der Waals surface area contributed by atoms with Gasteiger partial charge in [0.05, 0.1) is 25.5 Å². The molecular weight excluding hydrogens is 376 g/mol. The van der Waals surface area contributed by atoms with E-state index in [-0.39, 0.29) is 23.7 Å². The first kappa shape index (κ1) is 19.9. The predicted octanol–water partition coefficient (Wildman–Crippen LogP) is 3.07. The first-order chi connectivity index (χ1) is 13.9. The number of amides is 1. The van der Waals surface area contributed by atoms with Gasteiger partial charge in [-0.15, -0.1) is 0 Å². The smallest absolute Gasteiger partial charge is 0.294 e. The molecule has 3 rings (SSSR count). The number of nitro groups is 1. The summed E-state index contributed by atoms with van der Waals surface area (Å²) in [4.78, 5) is 29.2. The number of ether oxygens (including phenoxy) is 2. The molecule has 0 saturated carbocycles. The molecule has 0 bridgehead atoms. The van der Waals surface area contributed by atoms with Crippen LogP contribution in [0.5, 0.6) is 11.5 Å². The van der Waals surface area contributed by atoms with Crippen molar-refractivity contribution in [2.24, 2.45) is 0 Å². The molecule has 1 amide bonds. The molecule has 150 valence electrons. The Morgan fingerprint density at radius 3 is 2.62 bits per heavy atom. The lowest BCUT2D eigenvalue weighted by atomic mass is 10.1. The monoisotopic (exact) mass is 396 g/mol. The third-order valence-electron chi connectivity index (χ3n) is 4.45. The number of nitro benzene ring substituents is 1. The fourth-order valence-corrected chi connectivity index (χ4v) is 2.95. The van der Waals surface area contributed by atoms with Crippen molar-refractivity contribution in [3.63, 3.8) is 0 Å². The maximum Gasteiger partial charge on any atom is 0.294 e. The molecule has 0 aliphatic carbocycles. The minimum atomic E-state index is -0.515. The Kier molecular flexibility index (Phi) is 5.77. The van der Waals surface area contributed by atoms with Gasteiger partial charge in [0.15, 0.2) is 0 Å². The molecule has 1 heterocycles. The van der Waals surface area contributed by atoms with Crippen LogP contribution >= 0.6 is 0 Å². The van der Waals surface area contributed by atoms with E-state index in [1.165, 1.54) is 41.2 Å². The van der Waals surface area contributed by atoms with Gasteiger partial charge in [0.25, 0.3) is 11.6 Å². The van der Waals surface area contributed by atoms with Crippen molar-refractivity contribution in [1.29, 1.82) is 0 Å². The minimum Gasteiger partial charge on any atom is -0.497 e. The Bertz CT molecular complexity index is 1030. The van der Waals surface area contributed by atoms with Crippen molar-refractivity contribution in [1.82, 2.24) is 14.5 Å². The van der Waals surface area contributed by atoms with Crippen molar-refractivity contribution in [2.45, 2.75) is 6.54 Å². The summed E-state index contributed by atoms with van der Waals surface area (Å²) in [6.45, 7) is 0.267. The van der Waals surface area contributed by atoms with Gasteiger partial charge in [-0.25, -0.2) is 4.98 Å². The van der Waals surface area contributed by atoms with Gasteiger partial charge in [-0.3, -0.25) is 14.9 Å². The van der Waals surface area contributed by atoms with Crippen LogP contribution in [0.2, 0.25) is 0 Å². The average Bonchev–Trinajstić information content (AvgIpc) is 3.27. The highest BCUT2D eigenvalue weighted by Crippen LogP contribution is 2.27. The van der Waals surface area contributed by atoms with Crippen LogP contribution < -0.4 is 9.47 Å². The van der Waals surface area contributed by atoms with E-state index in [9.17, 15) is 14.9 Å². The molecular formula is C20H20N4O5. The maximum absolute atomic E-state index is 12.9. The van der Waals surface area contributed by atoms with E-state index in [0.717, 1.165) is 5.56 Å². The summed E-state index contributed by atoms with van der Waals surface area (Å²) in [6, 6.07) is 9.70. The van der Waals surface area contributed by atoms with Gasteiger partial charge in [0, 0.05) is 49.2 Å². The second-order valence-electron chi connectivity index (χ2n) is 6.27. The Hall–Kier alpha value is -3.88. The van der Waals surface area contributed by atoms with E-state index < -0.39 is 4.92 Å². The molecule has 9 nitrogen and oxygen atoms in total. The van der Waals surface area contributed by atoms with E-state index >= 15 is 0 Å². The van der Waals surface area contributed by atoms with Crippen molar-refractivity contribution in [2.75, 3.05) is 21.3 Å². The van der Waals surface area contributed by atoms with Crippen LogP contribution in [0, 0.1) is 10.1 Å². The molecule has 1 aromatic heterocycles. The molecule has 3 aromatic rings. The molecule has 0 saturated heterocycles. The van der Waals surface area contributed by atoms with Gasteiger partial charge in [-0.05, 0) is 24.3 Å². The standard InChI is InChI=1S/C20H20N4O5/c1-22(12-15-4-6-16(28-2)11-19(15)29-3)20(25)14-5-7-17(18(10-14)24(26)27)23-9-8-21-13-23/h4-11,13H,12H2,1-3H3. The van der Waals surface area contributed by atoms with Gasteiger partial charge >= 0.3 is 0 Å². The largest absolute Gasteiger partial charge is 0.497 e. The minimum absolute atomic E-state index is 0.177. The first-order valence-electron chi connectivity index (χ1n) is 8.67. The van der Waals surface area contributed by atoms with Crippen LogP contribution in [0.25, 0.3) is 5.69 Å². The Morgan fingerprint density at radius 2 is 2.00 bits per heavy atom. The first-order valence-corrected chi connectivity index (χ1v) is 8.67. The van der Waals surface area contributed by atoms with Gasteiger partial charge in [0.2, 0.25) is 0 Å². The summed E-state index contributed by atoms with van der Waals surface area (Å²) in [5, 5.41) is 11.5. The normalized spacial score (nSPS) is 10.4. The molecule has 0 unspecified atom stereocenters. The Balaban J connectivity index is 1.86. The summed E-state index contributed by atoms with van der Waals surface area (Å²) in [5.74, 6) is 0.888. The highest BCUT2D eigenvalue weighted by molar-refractivity contribution is 5.95. The third-order valence-corrected chi connectivity index (χ3v) is 4.45. The zero-order valence-electron chi connectivity index (χ0n) is 16.2. The van der Waals surface area contributed by atoms with Crippen LogP contribution in [-0.4, -0.2) is 46.5 Å². The number of carbonyl (C=O) groups is 1. The number of aromatic nitrogens is 2. The van der Waals surface area contributed by atoms with Crippen molar-refractivity contribution in [3.8, 4) is 17.2 Å². The molecule has 0 N–H and O–H groups in total. The zero-order chi connectivity index (χ0) is 21.0. The molecule has 2 aromatic carbocycles. The van der Waals surface area contributed by atoms with Gasteiger partial charge in [-0.1, -0.05) is 0 Å². The zero-order valence-corrected chi connectivity index (χ0v) is 16.2. The number of hydrogen-bond acceptors (Lipinski definition) is 6. The van der Waals surface area contributed by atoms with Crippen LogP contribution in [0.3, 0.4) is 0 Å². The van der Waals surface area contributed by atoms with Crippen LogP contribution in [0.4, 0.5) is 5.69 Å². The SMILES string of the molecule is COc1ccc(CN(C)C(=O)c2ccc(-n3ccnc3)c([N+](=O)[O-])c2)c(OC)c1. The van der Waals surface area contributed by atoms with E-state index in [1.54, 1.807) is 38.6 Å². The molecule has 0 radical (unpaired) electrons. The number of carbonyl (C=O) groups excluding carboxylic acids is 1. The van der Waals surface area contributed by atoms with Gasteiger partial charge in [-0.2, -0.15) is 0 Å². The average molecular weight is 396 g/mol. The van der Waals surface area contributed by atoms with Crippen LogP contribution in [0.15, 0.2) is 55.1 Å². The highest BCUT2D eigenvalue weighted by Gasteiger charge is 2.21. The molecule has 29 heavy (non-hydrogen) atoms. The number of rotatable bonds is 7. The molecule has 0 fully saturated rings. The summed E-state index contributed by atoms with van der Waals surface area (Å²) in [7, 11) is 4.73. The summed E-state index contributed by atoms with van der Waals surface area (Å²) in [5.41, 5.74) is 1.16. The summed E-state index contributed by atoms with van der Waals surface area (Å²) in [6.07, 6.45) is 4.59. The van der Waals surface area contributed by atoms with Crippen LogP contribution in [0.1, 0.15) is 15.9 Å². The fourth-order valence-electron chi connectivity index (χ4n) is 2.95. The van der Waals surface area contributed by atoms with Gasteiger partial charge in [0.1, 0.15) is 17.2 Å². The maximum atomic E-state index is 12.9. The lowest BCUT2D eigenvalue weighted by Gasteiger charge is -2.19. The number of benzene rings is 2. The Morgan fingerprint density at radius 1 is 1.21 bits per heavy atom. The van der Waals surface area contributed by atoms with Crippen molar-refractivity contribution in [3.05, 3.63) is 76.4 Å². The fraction of sp³-hybridized carbons (Fsp3) is 0.200. The van der Waals surface area contributed by atoms with Crippen molar-refractivity contribution >= 4 is 11.6 Å². The summed E-state index contributed by atoms with van der Waals surface area (Å²) < 4.78 is 12.1. The van der Waals surface area contributed by atoms with E-state index in [1.807, 2.05) is 6.07 Å². The van der Waals surface area contributed by atoms with E-state index in [2.05, 4.69) is 4.98 Å². The molecule has 0 aliphatic heterocycles. The lowest BCUT2D eigenvalue weighted by Crippen LogP contribution is -2.26. The van der Waals surface area contributed by atoms with Gasteiger partial charge < -0.3 is 18.9 Å². The van der Waals surface area contributed by atoms with E-state index in [4.69, 9.17) is 9.47 Å². The van der Waals surface area contributed by atoms with E-state index in [0.29, 0.717) is 17.2 Å². The quantitative estimate of drug-likeness (QED) is 0.449. The molecule has 9 heteroatoms. The lowest BCUT2D eigenvalue weighted by molar-refractivity contribution is -0.384. The molecule has 0 aliphatic rings. The number of nitrogens with zero attached hydrogens (tertiary/aromatic N) is 4. The second-order valence-corrected chi connectivity index (χ2v) is 6.27. The second kappa shape index (κ2) is 8.42. The third kappa shape index (κ3) is 4.18. The summed E-state index contributed by atoms with van der Waals surface area (Å²) >= 11 is 0. The number of imidazole rings is 1. The number of hydrogen-bond donors (Lipinski definition) is 0. The number of methoxy groups -OCH3 is 2. The predicted molar refractivity (Wildman–Crippen MR) is 106 cm³/mol. The topological polar surface area (TPSA) is 99.7 Å². The Labute approximate surface area is 167 Å². The highest BCUT2D eigenvalue weighted by atomic mass is 16.6. The van der Waals surface area contributed by atoms with Crippen molar-refractivity contribution < 1.29 is 19.2 Å².